The van der Waals surface area contributed by atoms with Crippen LogP contribution in [0.3, 0.4) is 0 Å². The van der Waals surface area contributed by atoms with Crippen LogP contribution in [-0.2, 0) is 0 Å². The Bertz CT molecular complexity index is 403. The van der Waals surface area contributed by atoms with Crippen LogP contribution in [0, 0.1) is 5.92 Å². The van der Waals surface area contributed by atoms with E-state index in [0.29, 0.717) is 31.1 Å². The van der Waals surface area contributed by atoms with Crippen molar-refractivity contribution in [3.05, 3.63) is 0 Å². The van der Waals surface area contributed by atoms with Gasteiger partial charge in [0.05, 0.1) is 11.5 Å². The van der Waals surface area contributed by atoms with Gasteiger partial charge in [-0.25, -0.2) is 0 Å². The second-order valence-corrected chi connectivity index (χ2v) is 7.30. The summed E-state index contributed by atoms with van der Waals surface area (Å²) in [6.07, 6.45) is -1.81. The molecule has 2 rings (SSSR count). The smallest absolute Gasteiger partial charge is 0.387 e. The highest BCUT2D eigenvalue weighted by Crippen LogP contribution is 2.37. The average Bonchev–Trinajstić information content (AvgIpc) is 2.90. The van der Waals surface area contributed by atoms with Crippen LogP contribution in [0.15, 0.2) is 4.99 Å². The lowest BCUT2D eigenvalue weighted by Crippen LogP contribution is -2.51. The fourth-order valence-corrected chi connectivity index (χ4v) is 4.29. The van der Waals surface area contributed by atoms with Crippen LogP contribution in [-0.4, -0.2) is 54.0 Å². The van der Waals surface area contributed by atoms with E-state index < -0.39 is 17.7 Å². The third-order valence-corrected chi connectivity index (χ3v) is 5.60. The lowest BCUT2D eigenvalue weighted by molar-refractivity contribution is -0.183. The van der Waals surface area contributed by atoms with E-state index >= 15 is 0 Å². The molecule has 2 fully saturated rings. The minimum Gasteiger partial charge on any atom is -0.387 e. The second kappa shape index (κ2) is 8.98. The van der Waals surface area contributed by atoms with Gasteiger partial charge < -0.3 is 15.7 Å². The number of hydrogen-bond donors (Lipinski definition) is 3. The number of nitrogens with zero attached hydrogens (tertiary/aromatic N) is 1. The van der Waals surface area contributed by atoms with Gasteiger partial charge in [-0.3, -0.25) is 4.99 Å². The lowest BCUT2D eigenvalue weighted by atomic mass is 9.85. The van der Waals surface area contributed by atoms with Crippen molar-refractivity contribution in [1.29, 1.82) is 0 Å². The summed E-state index contributed by atoms with van der Waals surface area (Å²) in [6, 6.07) is -0.223. The van der Waals surface area contributed by atoms with E-state index in [1.807, 2.05) is 0 Å². The molecule has 1 aliphatic heterocycles. The van der Waals surface area contributed by atoms with Crippen LogP contribution in [0.5, 0.6) is 0 Å². The topological polar surface area (TPSA) is 56.7 Å². The fraction of sp³-hybridized carbons (Fsp3) is 0.929. The maximum atomic E-state index is 12.8. The number of thioether (sulfide) groups is 1. The number of aliphatic imine (C=N–C) groups is 1. The van der Waals surface area contributed by atoms with Gasteiger partial charge in [-0.05, 0) is 31.4 Å². The highest BCUT2D eigenvalue weighted by Gasteiger charge is 2.42. The van der Waals surface area contributed by atoms with Crippen LogP contribution in [0.4, 0.5) is 13.2 Å². The van der Waals surface area contributed by atoms with Gasteiger partial charge in [-0.2, -0.15) is 24.9 Å². The van der Waals surface area contributed by atoms with Crippen LogP contribution >= 0.6 is 35.7 Å². The molecule has 136 valence electrons. The largest absolute Gasteiger partial charge is 0.391 e. The van der Waals surface area contributed by atoms with E-state index in [9.17, 15) is 18.3 Å². The van der Waals surface area contributed by atoms with E-state index in [4.69, 9.17) is 0 Å². The number of nitrogens with one attached hydrogen (secondary N) is 2. The summed E-state index contributed by atoms with van der Waals surface area (Å²) in [5, 5.41) is 16.4. The predicted octanol–water partition coefficient (Wildman–Crippen LogP) is 2.76. The zero-order valence-electron chi connectivity index (χ0n) is 13.2. The third kappa shape index (κ3) is 6.49. The minimum atomic E-state index is -4.12. The number of guanidine groups is 1. The number of aliphatic hydroxyl groups is 1. The highest BCUT2D eigenvalue weighted by molar-refractivity contribution is 14.0. The Kier molecular flexibility index (Phi) is 8.26. The first-order chi connectivity index (χ1) is 10.3. The first-order valence-electron chi connectivity index (χ1n) is 7.66. The molecule has 0 amide bonds. The Morgan fingerprint density at radius 2 is 2.13 bits per heavy atom. The van der Waals surface area contributed by atoms with Crippen LogP contribution in [0.1, 0.15) is 32.1 Å². The van der Waals surface area contributed by atoms with Crippen LogP contribution in [0.25, 0.3) is 0 Å². The summed E-state index contributed by atoms with van der Waals surface area (Å²) >= 11 is 1.70. The van der Waals surface area contributed by atoms with Crippen molar-refractivity contribution in [2.75, 3.05) is 25.1 Å². The second-order valence-electron chi connectivity index (χ2n) is 6.20. The number of rotatable bonds is 3. The lowest BCUT2D eigenvalue weighted by Gasteiger charge is -2.32. The quantitative estimate of drug-likeness (QED) is 0.340. The predicted molar refractivity (Wildman–Crippen MR) is 98.6 cm³/mol. The van der Waals surface area contributed by atoms with Crippen molar-refractivity contribution in [1.82, 2.24) is 10.6 Å². The molecule has 1 heterocycles. The maximum absolute atomic E-state index is 12.8. The fourth-order valence-electron chi connectivity index (χ4n) is 2.99. The SMILES string of the molecule is CN=C(NCC1(O)CCSC1)NC1CCCC(C(F)(F)F)C1.I. The van der Waals surface area contributed by atoms with Crippen LogP contribution in [0.2, 0.25) is 0 Å². The maximum Gasteiger partial charge on any atom is 0.391 e. The highest BCUT2D eigenvalue weighted by atomic mass is 127. The van der Waals surface area contributed by atoms with Gasteiger partial charge in [0, 0.05) is 25.4 Å². The summed E-state index contributed by atoms with van der Waals surface area (Å²) in [5.41, 5.74) is -0.747. The van der Waals surface area contributed by atoms with Gasteiger partial charge in [0.2, 0.25) is 0 Å². The monoisotopic (exact) mass is 467 g/mol. The van der Waals surface area contributed by atoms with Gasteiger partial charge in [-0.15, -0.1) is 24.0 Å². The summed E-state index contributed by atoms with van der Waals surface area (Å²) in [6.45, 7) is 0.370. The Morgan fingerprint density at radius 1 is 1.39 bits per heavy atom. The van der Waals surface area contributed by atoms with Gasteiger partial charge in [0.1, 0.15) is 0 Å². The molecule has 1 saturated carbocycles. The minimum absolute atomic E-state index is 0. The van der Waals surface area contributed by atoms with Gasteiger partial charge in [0.25, 0.3) is 0 Å². The molecular formula is C14H25F3IN3OS. The van der Waals surface area contributed by atoms with Crippen molar-refractivity contribution in [3.63, 3.8) is 0 Å². The molecule has 0 bridgehead atoms. The molecule has 0 aromatic rings. The van der Waals surface area contributed by atoms with Crippen molar-refractivity contribution in [2.24, 2.45) is 10.9 Å². The number of halogens is 4. The average molecular weight is 467 g/mol. The molecule has 1 saturated heterocycles. The molecule has 3 atom stereocenters. The molecule has 0 radical (unpaired) electrons. The third-order valence-electron chi connectivity index (χ3n) is 4.37. The molecule has 3 unspecified atom stereocenters. The summed E-state index contributed by atoms with van der Waals surface area (Å²) in [7, 11) is 1.59. The van der Waals surface area contributed by atoms with Crippen molar-refractivity contribution >= 4 is 41.7 Å². The number of hydrogen-bond acceptors (Lipinski definition) is 3. The molecule has 1 aliphatic carbocycles. The first-order valence-corrected chi connectivity index (χ1v) is 8.82. The van der Waals surface area contributed by atoms with Crippen molar-refractivity contribution < 1.29 is 18.3 Å². The molecule has 0 spiro atoms. The van der Waals surface area contributed by atoms with Gasteiger partial charge in [0.15, 0.2) is 5.96 Å². The Balaban J connectivity index is 0.00000264. The summed E-state index contributed by atoms with van der Waals surface area (Å²) < 4.78 is 38.5. The van der Waals surface area contributed by atoms with E-state index in [-0.39, 0.29) is 42.9 Å². The Hall–Kier alpha value is 0.1000. The zero-order chi connectivity index (χ0) is 16.2. The van der Waals surface area contributed by atoms with Crippen molar-refractivity contribution in [2.45, 2.75) is 49.9 Å². The molecule has 4 nitrogen and oxygen atoms in total. The zero-order valence-corrected chi connectivity index (χ0v) is 16.3. The molecule has 3 N–H and O–H groups in total. The summed E-state index contributed by atoms with van der Waals surface area (Å²) in [4.78, 5) is 4.06. The molecule has 0 aromatic heterocycles. The van der Waals surface area contributed by atoms with E-state index in [1.165, 1.54) is 0 Å². The van der Waals surface area contributed by atoms with Gasteiger partial charge in [-0.1, -0.05) is 6.42 Å². The molecule has 23 heavy (non-hydrogen) atoms. The molecular weight excluding hydrogens is 442 g/mol. The van der Waals surface area contributed by atoms with E-state index in [2.05, 4.69) is 15.6 Å². The first kappa shape index (κ1) is 21.1. The van der Waals surface area contributed by atoms with Crippen LogP contribution < -0.4 is 10.6 Å². The Morgan fingerprint density at radius 3 is 2.70 bits per heavy atom. The molecule has 2 aliphatic rings. The van der Waals surface area contributed by atoms with Crippen molar-refractivity contribution in [3.8, 4) is 0 Å². The molecule has 9 heteroatoms. The summed E-state index contributed by atoms with van der Waals surface area (Å²) in [5.74, 6) is 0.849. The number of alkyl halides is 3. The van der Waals surface area contributed by atoms with Gasteiger partial charge >= 0.3 is 6.18 Å². The standard InChI is InChI=1S/C14H24F3N3OS.HI/c1-18-12(19-8-13(21)5-6-22-9-13)20-11-4-2-3-10(7-11)14(15,16)17;/h10-11,21H,2-9H2,1H3,(H2,18,19,20);1H. The Labute approximate surface area is 156 Å². The van der Waals surface area contributed by atoms with E-state index in [1.54, 1.807) is 18.8 Å². The normalized spacial score (nSPS) is 32.3. The molecule has 0 aromatic carbocycles. The van der Waals surface area contributed by atoms with E-state index in [0.717, 1.165) is 12.2 Å².